The lowest BCUT2D eigenvalue weighted by Crippen LogP contribution is -2.34. The van der Waals surface area contributed by atoms with E-state index in [1.54, 1.807) is 0 Å². The van der Waals surface area contributed by atoms with E-state index in [0.717, 1.165) is 45.4 Å². The molecule has 8 heteroatoms. The van der Waals surface area contributed by atoms with Crippen LogP contribution in [0, 0.1) is 11.8 Å². The van der Waals surface area contributed by atoms with Gasteiger partial charge in [-0.05, 0) is 58.3 Å². The van der Waals surface area contributed by atoms with Crippen LogP contribution in [0.15, 0.2) is 74.9 Å². The zero-order valence-electron chi connectivity index (χ0n) is 29.0. The van der Waals surface area contributed by atoms with E-state index in [1.807, 2.05) is 0 Å². The first-order valence-electron chi connectivity index (χ1n) is 17.5. The van der Waals surface area contributed by atoms with Gasteiger partial charge in [0.25, 0.3) is 0 Å². The molecule has 0 amide bonds. The highest BCUT2D eigenvalue weighted by atomic mass is 15.2. The van der Waals surface area contributed by atoms with E-state index in [1.165, 1.54) is 19.3 Å². The SMILES string of the molecule is CCC(CC(C)n1cc[n+](CCCC[n+]2ccn(C(CC(CC(C)C)n3cc[n+](CC)c3)C(C)C)c2)c1)n1cc[n+](CC)c1. The van der Waals surface area contributed by atoms with Crippen LogP contribution in [0.5, 0.6) is 0 Å². The van der Waals surface area contributed by atoms with Crippen LogP contribution in [0.25, 0.3) is 0 Å². The van der Waals surface area contributed by atoms with Crippen molar-refractivity contribution in [2.45, 2.75) is 144 Å². The molecule has 0 aliphatic heterocycles. The highest BCUT2D eigenvalue weighted by Gasteiger charge is 2.29. The Bertz CT molecular complexity index is 1370. The van der Waals surface area contributed by atoms with Crippen molar-refractivity contribution in [3.63, 3.8) is 0 Å². The van der Waals surface area contributed by atoms with Gasteiger partial charge in [-0.15, -0.1) is 0 Å². The lowest BCUT2D eigenvalue weighted by molar-refractivity contribution is -0.707. The van der Waals surface area contributed by atoms with Crippen LogP contribution >= 0.6 is 0 Å². The number of aromatic nitrogens is 8. The molecule has 0 bridgehead atoms. The van der Waals surface area contributed by atoms with E-state index in [4.69, 9.17) is 0 Å². The van der Waals surface area contributed by atoms with Crippen LogP contribution in [0.2, 0.25) is 0 Å². The summed E-state index contributed by atoms with van der Waals surface area (Å²) < 4.78 is 19.0. The van der Waals surface area contributed by atoms with Gasteiger partial charge >= 0.3 is 0 Å². The maximum atomic E-state index is 2.48. The largest absolute Gasteiger partial charge is 0.243 e. The monoisotopic (exact) mass is 607 g/mol. The molecule has 0 aliphatic carbocycles. The van der Waals surface area contributed by atoms with Gasteiger partial charge in [-0.1, -0.05) is 34.6 Å². The van der Waals surface area contributed by atoms with Crippen LogP contribution < -0.4 is 18.3 Å². The third-order valence-corrected chi connectivity index (χ3v) is 9.51. The number of nitrogens with zero attached hydrogens (tertiary/aromatic N) is 8. The topological polar surface area (TPSA) is 35.2 Å². The predicted molar refractivity (Wildman–Crippen MR) is 175 cm³/mol. The molecule has 0 N–H and O–H groups in total. The molecule has 4 unspecified atom stereocenters. The fraction of sp³-hybridized carbons (Fsp3) is 0.667. The normalized spacial score (nSPS) is 14.9. The molecule has 4 atom stereocenters. The molecule has 0 radical (unpaired) electrons. The molecule has 4 heterocycles. The van der Waals surface area contributed by atoms with Crippen LogP contribution in [0.4, 0.5) is 0 Å². The number of hydrogen-bond acceptors (Lipinski definition) is 0. The molecule has 0 aliphatic rings. The van der Waals surface area contributed by atoms with Gasteiger partial charge in [0.15, 0.2) is 0 Å². The fourth-order valence-electron chi connectivity index (χ4n) is 6.68. The Morgan fingerprint density at radius 3 is 1.50 bits per heavy atom. The summed E-state index contributed by atoms with van der Waals surface area (Å²) >= 11 is 0. The first kappa shape index (κ1) is 33.7. The van der Waals surface area contributed by atoms with E-state index in [9.17, 15) is 0 Å². The van der Waals surface area contributed by atoms with Crippen molar-refractivity contribution in [1.29, 1.82) is 0 Å². The summed E-state index contributed by atoms with van der Waals surface area (Å²) in [4.78, 5) is 0. The molecule has 0 saturated carbocycles. The van der Waals surface area contributed by atoms with Crippen molar-refractivity contribution in [1.82, 2.24) is 18.3 Å². The summed E-state index contributed by atoms with van der Waals surface area (Å²) in [6.07, 6.45) is 34.1. The van der Waals surface area contributed by atoms with Gasteiger partial charge in [-0.2, -0.15) is 0 Å². The van der Waals surface area contributed by atoms with Gasteiger partial charge in [0.2, 0.25) is 25.3 Å². The van der Waals surface area contributed by atoms with Crippen LogP contribution in [-0.2, 0) is 26.2 Å². The smallest absolute Gasteiger partial charge is 0.237 e. The Kier molecular flexibility index (Phi) is 12.4. The average Bonchev–Trinajstić information content (AvgIpc) is 3.83. The molecule has 0 aromatic carbocycles. The van der Waals surface area contributed by atoms with Gasteiger partial charge in [0.05, 0.1) is 26.2 Å². The van der Waals surface area contributed by atoms with Crippen molar-refractivity contribution in [3.05, 3.63) is 74.9 Å². The molecule has 8 nitrogen and oxygen atoms in total. The van der Waals surface area contributed by atoms with Gasteiger partial charge in [0.1, 0.15) is 73.7 Å². The van der Waals surface area contributed by atoms with E-state index in [0.29, 0.717) is 36.0 Å². The second kappa shape index (κ2) is 16.2. The zero-order valence-corrected chi connectivity index (χ0v) is 29.0. The number of unbranched alkanes of at least 4 members (excludes halogenated alkanes) is 1. The summed E-state index contributed by atoms with van der Waals surface area (Å²) in [5.41, 5.74) is 0. The van der Waals surface area contributed by atoms with Crippen LogP contribution in [0.3, 0.4) is 0 Å². The van der Waals surface area contributed by atoms with E-state index in [2.05, 4.69) is 167 Å². The summed E-state index contributed by atoms with van der Waals surface area (Å²) in [5.74, 6) is 1.25. The standard InChI is InChI=1S/C36H62N8/c1-9-34(42-21-16-37(10-2)27-42)25-33(8)41-20-18-39(29-41)14-12-13-15-40-19-23-44(30-40)36(32(6)7)26-35(24-31(4)5)43-22-17-38(11-3)28-43/h16-23,27-36H,9-15,24-26H2,1-8H3/q+4. The van der Waals surface area contributed by atoms with E-state index >= 15 is 0 Å². The van der Waals surface area contributed by atoms with Crippen LogP contribution in [0.1, 0.15) is 118 Å². The summed E-state index contributed by atoms with van der Waals surface area (Å²) in [6.45, 7) is 22.7. The molecule has 0 spiro atoms. The minimum atomic E-state index is 0.466. The molecule has 4 rings (SSSR count). The highest BCUT2D eigenvalue weighted by molar-refractivity contribution is 4.85. The maximum Gasteiger partial charge on any atom is 0.243 e. The molecular weight excluding hydrogens is 544 g/mol. The fourth-order valence-corrected chi connectivity index (χ4v) is 6.68. The Morgan fingerprint density at radius 1 is 0.523 bits per heavy atom. The van der Waals surface area contributed by atoms with Gasteiger partial charge < -0.3 is 0 Å². The second-order valence-corrected chi connectivity index (χ2v) is 13.8. The Morgan fingerprint density at radius 2 is 1.00 bits per heavy atom. The third kappa shape index (κ3) is 9.18. The van der Waals surface area contributed by atoms with Crippen molar-refractivity contribution < 1.29 is 18.3 Å². The number of rotatable bonds is 19. The number of aryl methyl sites for hydroxylation is 4. The van der Waals surface area contributed by atoms with Crippen molar-refractivity contribution in [2.75, 3.05) is 0 Å². The predicted octanol–water partition coefficient (Wildman–Crippen LogP) is 6.04. The lowest BCUT2D eigenvalue weighted by atomic mass is 9.92. The Hall–Kier alpha value is -3.16. The van der Waals surface area contributed by atoms with Crippen molar-refractivity contribution >= 4 is 0 Å². The molecule has 44 heavy (non-hydrogen) atoms. The van der Waals surface area contributed by atoms with Gasteiger partial charge in [-0.3, -0.25) is 0 Å². The Balaban J connectivity index is 1.27. The van der Waals surface area contributed by atoms with E-state index in [-0.39, 0.29) is 0 Å². The summed E-state index contributed by atoms with van der Waals surface area (Å²) in [5, 5.41) is 0. The third-order valence-electron chi connectivity index (χ3n) is 9.51. The lowest BCUT2D eigenvalue weighted by Gasteiger charge is -2.23. The molecule has 4 aromatic rings. The number of hydrogen-bond donors (Lipinski definition) is 0. The number of imidazole rings is 4. The van der Waals surface area contributed by atoms with Crippen molar-refractivity contribution in [3.8, 4) is 0 Å². The molecule has 0 fully saturated rings. The molecule has 0 saturated heterocycles. The average molecular weight is 607 g/mol. The van der Waals surface area contributed by atoms with E-state index < -0.39 is 0 Å². The minimum absolute atomic E-state index is 0.466. The van der Waals surface area contributed by atoms with Gasteiger partial charge in [0, 0.05) is 12.8 Å². The quantitative estimate of drug-likeness (QED) is 0.0922. The second-order valence-electron chi connectivity index (χ2n) is 13.8. The van der Waals surface area contributed by atoms with Crippen molar-refractivity contribution in [2.24, 2.45) is 11.8 Å². The zero-order chi connectivity index (χ0) is 31.6. The molecule has 4 aromatic heterocycles. The minimum Gasteiger partial charge on any atom is -0.237 e. The maximum absolute atomic E-state index is 2.48. The molecule has 242 valence electrons. The summed E-state index contributed by atoms with van der Waals surface area (Å²) in [7, 11) is 0. The first-order chi connectivity index (χ1) is 21.2. The van der Waals surface area contributed by atoms with Crippen LogP contribution in [-0.4, -0.2) is 18.3 Å². The first-order valence-corrected chi connectivity index (χ1v) is 17.5. The Labute approximate surface area is 267 Å². The van der Waals surface area contributed by atoms with Gasteiger partial charge in [-0.25, -0.2) is 36.5 Å². The highest BCUT2D eigenvalue weighted by Crippen LogP contribution is 2.31. The summed E-state index contributed by atoms with van der Waals surface area (Å²) in [6, 6.07) is 1.98. The molecular formula is C36H62N8+4.